The summed E-state index contributed by atoms with van der Waals surface area (Å²) in [4.78, 5) is 0. The molecule has 0 rings (SSSR count). The Bertz CT molecular complexity index is 152. The van der Waals surface area contributed by atoms with Crippen molar-refractivity contribution >= 4 is 11.6 Å². The van der Waals surface area contributed by atoms with Gasteiger partial charge in [0.1, 0.15) is 0 Å². The Balaban J connectivity index is 3.43. The predicted molar refractivity (Wildman–Crippen MR) is 71.4 cm³/mol. The molecule has 0 saturated carbocycles. The monoisotopic (exact) mass is 266 g/mol. The molecule has 0 unspecified atom stereocenters. The Labute approximate surface area is 111 Å². The Kier molecular flexibility index (Phi) is 11.4. The van der Waals surface area contributed by atoms with Gasteiger partial charge in [-0.25, -0.2) is 0 Å². The van der Waals surface area contributed by atoms with Crippen LogP contribution in [0.25, 0.3) is 0 Å². The van der Waals surface area contributed by atoms with Gasteiger partial charge in [-0.2, -0.15) is 0 Å². The Hall–Kier alpha value is 0.170. The number of hydrogen-bond donors (Lipinski definition) is 0. The molecular weight excluding hydrogens is 240 g/mol. The normalized spacial score (nSPS) is 12.0. The van der Waals surface area contributed by atoms with Crippen LogP contribution >= 0.6 is 11.6 Å². The fourth-order valence-electron chi connectivity index (χ4n) is 1.88. The lowest BCUT2D eigenvalue weighted by Crippen LogP contribution is -2.35. The van der Waals surface area contributed by atoms with E-state index in [2.05, 4.69) is 0 Å². The van der Waals surface area contributed by atoms with E-state index in [1.54, 1.807) is 21.3 Å². The Morgan fingerprint density at radius 2 is 1.12 bits per heavy atom. The molecule has 17 heavy (non-hydrogen) atoms. The number of hydrogen-bond acceptors (Lipinski definition) is 3. The van der Waals surface area contributed by atoms with Gasteiger partial charge in [-0.1, -0.05) is 32.1 Å². The maximum absolute atomic E-state index is 5.62. The third-order valence-electron chi connectivity index (χ3n) is 3.05. The van der Waals surface area contributed by atoms with Crippen molar-refractivity contribution < 1.29 is 14.2 Å². The van der Waals surface area contributed by atoms with Crippen LogP contribution in [0.2, 0.25) is 0 Å². The van der Waals surface area contributed by atoms with E-state index in [1.165, 1.54) is 32.1 Å². The highest BCUT2D eigenvalue weighted by molar-refractivity contribution is 6.17. The number of methoxy groups -OCH3 is 3. The van der Waals surface area contributed by atoms with Crippen LogP contribution < -0.4 is 0 Å². The molecule has 0 heterocycles. The molecule has 3 nitrogen and oxygen atoms in total. The molecule has 0 aliphatic carbocycles. The zero-order chi connectivity index (χ0) is 13.0. The first-order valence-electron chi connectivity index (χ1n) is 6.46. The third kappa shape index (κ3) is 7.98. The molecule has 0 radical (unpaired) electrons. The molecule has 0 atom stereocenters. The van der Waals surface area contributed by atoms with Gasteiger partial charge in [0.25, 0.3) is 5.97 Å². The Morgan fingerprint density at radius 1 is 0.706 bits per heavy atom. The van der Waals surface area contributed by atoms with E-state index >= 15 is 0 Å². The summed E-state index contributed by atoms with van der Waals surface area (Å²) in [6.45, 7) is 0. The maximum Gasteiger partial charge on any atom is 0.282 e. The largest absolute Gasteiger partial charge is 0.331 e. The van der Waals surface area contributed by atoms with Crippen molar-refractivity contribution in [3.63, 3.8) is 0 Å². The van der Waals surface area contributed by atoms with E-state index in [-0.39, 0.29) is 0 Å². The zero-order valence-electron chi connectivity index (χ0n) is 11.5. The lowest BCUT2D eigenvalue weighted by Gasteiger charge is -2.28. The molecule has 4 heteroatoms. The van der Waals surface area contributed by atoms with E-state index in [0.29, 0.717) is 0 Å². The van der Waals surface area contributed by atoms with Crippen molar-refractivity contribution in [3.8, 4) is 0 Å². The lowest BCUT2D eigenvalue weighted by atomic mass is 10.1. The summed E-state index contributed by atoms with van der Waals surface area (Å²) in [7, 11) is 4.83. The van der Waals surface area contributed by atoms with Gasteiger partial charge in [0.2, 0.25) is 0 Å². The summed E-state index contributed by atoms with van der Waals surface area (Å²) in [6.07, 6.45) is 9.26. The molecule has 0 aromatic heterocycles. The number of halogens is 1. The van der Waals surface area contributed by atoms with Crippen LogP contribution in [0.1, 0.15) is 51.4 Å². The van der Waals surface area contributed by atoms with Crippen molar-refractivity contribution in [2.75, 3.05) is 27.2 Å². The first-order valence-corrected chi connectivity index (χ1v) is 6.99. The SMILES string of the molecule is COC(CCCCCCCCCCl)(OC)OC. The van der Waals surface area contributed by atoms with Gasteiger partial charge in [-0.05, 0) is 12.8 Å². The number of ether oxygens (including phenoxy) is 3. The van der Waals surface area contributed by atoms with Gasteiger partial charge in [0.15, 0.2) is 0 Å². The van der Waals surface area contributed by atoms with Crippen molar-refractivity contribution in [2.24, 2.45) is 0 Å². The quantitative estimate of drug-likeness (QED) is 0.304. The van der Waals surface area contributed by atoms with Gasteiger partial charge in [-0.3, -0.25) is 0 Å². The summed E-state index contributed by atoms with van der Waals surface area (Å²) in [5, 5.41) is 0. The second kappa shape index (κ2) is 11.3. The van der Waals surface area contributed by atoms with E-state index in [0.717, 1.165) is 25.1 Å². The van der Waals surface area contributed by atoms with E-state index in [4.69, 9.17) is 25.8 Å². The van der Waals surface area contributed by atoms with Gasteiger partial charge in [-0.15, -0.1) is 11.6 Å². The van der Waals surface area contributed by atoms with Crippen LogP contribution in [0.15, 0.2) is 0 Å². The second-order valence-electron chi connectivity index (χ2n) is 4.21. The Morgan fingerprint density at radius 3 is 1.53 bits per heavy atom. The van der Waals surface area contributed by atoms with E-state index < -0.39 is 5.97 Å². The lowest BCUT2D eigenvalue weighted by molar-refractivity contribution is -0.355. The molecule has 0 N–H and O–H groups in total. The van der Waals surface area contributed by atoms with Crippen LogP contribution in [0, 0.1) is 0 Å². The highest BCUT2D eigenvalue weighted by atomic mass is 35.5. The highest BCUT2D eigenvalue weighted by Crippen LogP contribution is 2.21. The fraction of sp³-hybridized carbons (Fsp3) is 1.00. The third-order valence-corrected chi connectivity index (χ3v) is 3.32. The van der Waals surface area contributed by atoms with Gasteiger partial charge in [0.05, 0.1) is 0 Å². The average Bonchev–Trinajstić information content (AvgIpc) is 2.38. The summed E-state index contributed by atoms with van der Waals surface area (Å²) in [5.41, 5.74) is 0. The van der Waals surface area contributed by atoms with E-state index in [9.17, 15) is 0 Å². The smallest absolute Gasteiger partial charge is 0.282 e. The molecular formula is C13H27ClO3. The first kappa shape index (κ1) is 17.2. The van der Waals surface area contributed by atoms with Crippen molar-refractivity contribution in [1.82, 2.24) is 0 Å². The van der Waals surface area contributed by atoms with E-state index in [1.807, 2.05) is 0 Å². The highest BCUT2D eigenvalue weighted by Gasteiger charge is 2.28. The number of alkyl halides is 1. The minimum atomic E-state index is -0.849. The topological polar surface area (TPSA) is 27.7 Å². The molecule has 0 spiro atoms. The zero-order valence-corrected chi connectivity index (χ0v) is 12.2. The van der Waals surface area contributed by atoms with Crippen molar-refractivity contribution in [2.45, 2.75) is 57.3 Å². The van der Waals surface area contributed by atoms with Crippen LogP contribution in [0.3, 0.4) is 0 Å². The molecule has 0 aromatic carbocycles. The summed E-state index contributed by atoms with van der Waals surface area (Å²) >= 11 is 5.62. The van der Waals surface area contributed by atoms with Crippen molar-refractivity contribution in [3.05, 3.63) is 0 Å². The predicted octanol–water partition coefficient (Wildman–Crippen LogP) is 3.94. The summed E-state index contributed by atoms with van der Waals surface area (Å²) < 4.78 is 15.7. The minimum absolute atomic E-state index is 0.776. The molecule has 104 valence electrons. The van der Waals surface area contributed by atoms with Crippen LogP contribution in [0.5, 0.6) is 0 Å². The summed E-state index contributed by atoms with van der Waals surface area (Å²) in [6, 6.07) is 0. The van der Waals surface area contributed by atoms with Gasteiger partial charge in [0, 0.05) is 33.6 Å². The fourth-order valence-corrected chi connectivity index (χ4v) is 2.07. The minimum Gasteiger partial charge on any atom is -0.331 e. The van der Waals surface area contributed by atoms with Gasteiger partial charge < -0.3 is 14.2 Å². The molecule has 0 aliphatic rings. The van der Waals surface area contributed by atoms with Crippen LogP contribution in [-0.2, 0) is 14.2 Å². The molecule has 0 aliphatic heterocycles. The number of rotatable bonds is 12. The standard InChI is InChI=1S/C13H27ClO3/c1-15-13(16-2,17-3)11-9-7-5-4-6-8-10-12-14/h4-12H2,1-3H3. The average molecular weight is 267 g/mol. The molecule has 0 fully saturated rings. The summed E-state index contributed by atoms with van der Waals surface area (Å²) in [5.74, 6) is -0.0589. The molecule has 0 bridgehead atoms. The van der Waals surface area contributed by atoms with Gasteiger partial charge >= 0.3 is 0 Å². The molecule has 0 aromatic rings. The maximum atomic E-state index is 5.62. The molecule has 0 saturated heterocycles. The van der Waals surface area contributed by atoms with Crippen LogP contribution in [-0.4, -0.2) is 33.2 Å². The number of unbranched alkanes of at least 4 members (excludes halogenated alkanes) is 6. The van der Waals surface area contributed by atoms with Crippen molar-refractivity contribution in [1.29, 1.82) is 0 Å². The van der Waals surface area contributed by atoms with Crippen LogP contribution in [0.4, 0.5) is 0 Å². The first-order chi connectivity index (χ1) is 8.24. The molecule has 0 amide bonds. The second-order valence-corrected chi connectivity index (χ2v) is 4.59.